The average molecular weight is 270 g/mol. The van der Waals surface area contributed by atoms with Gasteiger partial charge in [0.25, 0.3) is 0 Å². The molecule has 0 saturated carbocycles. The molecule has 0 aromatic heterocycles. The molecule has 94 valence electrons. The molecule has 0 atom stereocenters. The molecule has 0 amide bonds. The van der Waals surface area contributed by atoms with E-state index in [0.717, 1.165) is 0 Å². The quantitative estimate of drug-likeness (QED) is 0.571. The second kappa shape index (κ2) is 24.5. The molecule has 2 rings (SSSR count). The molecule has 0 aliphatic heterocycles. The summed E-state index contributed by atoms with van der Waals surface area (Å²) < 4.78 is 0. The zero-order chi connectivity index (χ0) is 12.5. The maximum absolute atomic E-state index is 7.57. The topological polar surface area (TPSA) is 40.5 Å². The van der Waals surface area contributed by atoms with E-state index in [4.69, 9.17) is 10.2 Å². The van der Waals surface area contributed by atoms with Crippen LogP contribution in [0.4, 0.5) is 0 Å². The molecule has 0 fully saturated rings. The normalized spacial score (nSPS) is 6.82. The molecular weight excluding hydrogens is 248 g/mol. The summed E-state index contributed by atoms with van der Waals surface area (Å²) in [4.78, 5) is 0. The molecular formula is C14H22O2Ti. The molecule has 0 radical (unpaired) electrons. The van der Waals surface area contributed by atoms with Crippen LogP contribution in [-0.2, 0) is 21.7 Å². The molecule has 2 aromatic rings. The third-order valence-corrected chi connectivity index (χ3v) is 1.11. The van der Waals surface area contributed by atoms with Gasteiger partial charge in [0.05, 0.1) is 0 Å². The van der Waals surface area contributed by atoms with Crippen molar-refractivity contribution in [3.8, 4) is 0 Å². The van der Waals surface area contributed by atoms with Crippen LogP contribution in [0.1, 0.15) is 13.8 Å². The van der Waals surface area contributed by atoms with Crippen LogP contribution in [0.15, 0.2) is 60.7 Å². The van der Waals surface area contributed by atoms with E-state index in [-0.39, 0.29) is 34.9 Å². The van der Waals surface area contributed by atoms with E-state index in [1.165, 1.54) is 0 Å². The van der Waals surface area contributed by atoms with Crippen molar-refractivity contribution in [1.29, 1.82) is 0 Å². The zero-order valence-electron chi connectivity index (χ0n) is 10.6. The summed E-state index contributed by atoms with van der Waals surface area (Å²) in [6.45, 7) is 3.86. The summed E-state index contributed by atoms with van der Waals surface area (Å²) in [5, 5.41) is 15.1. The van der Waals surface area contributed by atoms with E-state index in [2.05, 4.69) is 0 Å². The summed E-state index contributed by atoms with van der Waals surface area (Å²) >= 11 is 0. The van der Waals surface area contributed by atoms with Crippen molar-refractivity contribution in [3.63, 3.8) is 0 Å². The first-order chi connectivity index (χ1) is 7.83. The summed E-state index contributed by atoms with van der Waals surface area (Å²) in [5.41, 5.74) is 0. The molecule has 0 spiro atoms. The molecule has 0 aliphatic carbocycles. The Morgan fingerprint density at radius 2 is 0.882 bits per heavy atom. The number of hydrogen-bond donors (Lipinski definition) is 2. The van der Waals surface area contributed by atoms with Crippen molar-refractivity contribution in [2.45, 2.75) is 13.8 Å². The molecule has 0 saturated heterocycles. The molecule has 0 bridgehead atoms. The first-order valence-electron chi connectivity index (χ1n) is 5.38. The van der Waals surface area contributed by atoms with Crippen LogP contribution >= 0.6 is 0 Å². The van der Waals surface area contributed by atoms with E-state index in [0.29, 0.717) is 0 Å². The fourth-order valence-electron chi connectivity index (χ4n) is 0.642. The minimum atomic E-state index is 0. The van der Waals surface area contributed by atoms with Gasteiger partial charge in [-0.3, -0.25) is 0 Å². The first-order valence-corrected chi connectivity index (χ1v) is 5.38. The van der Waals surface area contributed by atoms with E-state index < -0.39 is 0 Å². The average Bonchev–Trinajstić information content (AvgIpc) is 3.00. The molecule has 2 N–H and O–H groups in total. The van der Waals surface area contributed by atoms with Crippen molar-refractivity contribution in [2.24, 2.45) is 0 Å². The van der Waals surface area contributed by atoms with Crippen molar-refractivity contribution < 1.29 is 31.9 Å². The second-order valence-electron chi connectivity index (χ2n) is 2.56. The molecule has 2 nitrogen and oxygen atoms in total. The van der Waals surface area contributed by atoms with E-state index >= 15 is 0 Å². The number of hydrogen-bond acceptors (Lipinski definition) is 2. The van der Waals surface area contributed by atoms with Crippen LogP contribution in [0.25, 0.3) is 0 Å². The summed E-state index contributed by atoms with van der Waals surface area (Å²) in [6, 6.07) is 20.0. The van der Waals surface area contributed by atoms with E-state index in [1.807, 2.05) is 60.7 Å². The third kappa shape index (κ3) is 31.3. The SMILES string of the molecule is CCO.CCO.[Ti+2].c1cc[cH-]c1.c1cc[cH-]c1. The molecule has 3 heteroatoms. The second-order valence-corrected chi connectivity index (χ2v) is 2.56. The van der Waals surface area contributed by atoms with Crippen LogP contribution < -0.4 is 0 Å². The number of rotatable bonds is 0. The standard InChI is InChI=1S/2C5H5.2C2H6O.Ti/c2*1-2-4-5-3-1;2*1-2-3;/h2*1-5H;2*3H,2H2,1H3;/q2*-1;;;+2. The van der Waals surface area contributed by atoms with Gasteiger partial charge >= 0.3 is 21.7 Å². The molecule has 2 aromatic carbocycles. The van der Waals surface area contributed by atoms with Gasteiger partial charge in [0.1, 0.15) is 0 Å². The Morgan fingerprint density at radius 3 is 0.941 bits per heavy atom. The summed E-state index contributed by atoms with van der Waals surface area (Å²) in [5.74, 6) is 0. The zero-order valence-corrected chi connectivity index (χ0v) is 12.1. The van der Waals surface area contributed by atoms with Crippen molar-refractivity contribution >= 4 is 0 Å². The Labute approximate surface area is 120 Å². The maximum atomic E-state index is 7.57. The van der Waals surface area contributed by atoms with Crippen molar-refractivity contribution in [1.82, 2.24) is 0 Å². The van der Waals surface area contributed by atoms with Crippen LogP contribution in [0.5, 0.6) is 0 Å². The Kier molecular flexibility index (Phi) is 31.2. The van der Waals surface area contributed by atoms with Gasteiger partial charge in [-0.2, -0.15) is 36.4 Å². The minimum Gasteiger partial charge on any atom is -0.397 e. The van der Waals surface area contributed by atoms with Gasteiger partial charge in [-0.1, -0.05) is 0 Å². The fourth-order valence-corrected chi connectivity index (χ4v) is 0.642. The van der Waals surface area contributed by atoms with Gasteiger partial charge in [-0.15, -0.1) is 0 Å². The molecule has 0 aliphatic rings. The maximum Gasteiger partial charge on any atom is 2.00 e. The van der Waals surface area contributed by atoms with Gasteiger partial charge in [0.2, 0.25) is 0 Å². The monoisotopic (exact) mass is 270 g/mol. The smallest absolute Gasteiger partial charge is 0.397 e. The predicted molar refractivity (Wildman–Crippen MR) is 69.6 cm³/mol. The Hall–Kier alpha value is -0.666. The Balaban J connectivity index is -0.000000157. The van der Waals surface area contributed by atoms with E-state index in [9.17, 15) is 0 Å². The van der Waals surface area contributed by atoms with Gasteiger partial charge in [-0.25, -0.2) is 24.3 Å². The molecule has 0 heterocycles. The third-order valence-electron chi connectivity index (χ3n) is 1.11. The summed E-state index contributed by atoms with van der Waals surface area (Å²) in [6.07, 6.45) is 0. The largest absolute Gasteiger partial charge is 2.00 e. The molecule has 0 unspecified atom stereocenters. The van der Waals surface area contributed by atoms with Gasteiger partial charge < -0.3 is 10.2 Å². The Bertz CT molecular complexity index is 176. The van der Waals surface area contributed by atoms with Crippen LogP contribution in [-0.4, -0.2) is 23.4 Å². The van der Waals surface area contributed by atoms with Crippen LogP contribution in [0.3, 0.4) is 0 Å². The molecule has 17 heavy (non-hydrogen) atoms. The van der Waals surface area contributed by atoms with Crippen LogP contribution in [0, 0.1) is 0 Å². The summed E-state index contributed by atoms with van der Waals surface area (Å²) in [7, 11) is 0. The minimum absolute atomic E-state index is 0. The first kappa shape index (κ1) is 21.6. The van der Waals surface area contributed by atoms with Gasteiger partial charge in [-0.05, 0) is 13.8 Å². The van der Waals surface area contributed by atoms with Crippen molar-refractivity contribution in [2.75, 3.05) is 13.2 Å². The number of aliphatic hydroxyl groups excluding tert-OH is 2. The van der Waals surface area contributed by atoms with Gasteiger partial charge in [0.15, 0.2) is 0 Å². The fraction of sp³-hybridized carbons (Fsp3) is 0.286. The van der Waals surface area contributed by atoms with Crippen LogP contribution in [0.2, 0.25) is 0 Å². The number of aliphatic hydroxyl groups is 2. The van der Waals surface area contributed by atoms with E-state index in [1.54, 1.807) is 13.8 Å². The van der Waals surface area contributed by atoms with Crippen molar-refractivity contribution in [3.05, 3.63) is 60.7 Å². The van der Waals surface area contributed by atoms with Gasteiger partial charge in [0, 0.05) is 13.2 Å². The Morgan fingerprint density at radius 1 is 0.706 bits per heavy atom. The predicted octanol–water partition coefficient (Wildman–Crippen LogP) is 2.81.